The van der Waals surface area contributed by atoms with Gasteiger partial charge in [-0.1, -0.05) is 6.92 Å². The second-order valence-corrected chi connectivity index (χ2v) is 1.62. The maximum Gasteiger partial charge on any atom is 0.0953 e. The van der Waals surface area contributed by atoms with Crippen molar-refractivity contribution >= 4 is 0 Å². The highest BCUT2D eigenvalue weighted by molar-refractivity contribution is 4.59. The van der Waals surface area contributed by atoms with Gasteiger partial charge in [-0.2, -0.15) is 0 Å². The lowest BCUT2D eigenvalue weighted by Crippen LogP contribution is -2.00. The molecule has 0 saturated carbocycles. The molecular formula is C5H9O2. The van der Waals surface area contributed by atoms with Gasteiger partial charge in [0, 0.05) is 6.42 Å². The van der Waals surface area contributed by atoms with Crippen molar-refractivity contribution in [3.05, 3.63) is 6.92 Å². The van der Waals surface area contributed by atoms with Crippen LogP contribution in [0.15, 0.2) is 0 Å². The zero-order valence-corrected chi connectivity index (χ0v) is 4.22. The summed E-state index contributed by atoms with van der Waals surface area (Å²) in [6.07, 6.45) is 2.09. The fourth-order valence-electron chi connectivity index (χ4n) is 0.564. The van der Waals surface area contributed by atoms with Gasteiger partial charge in [-0.25, -0.2) is 9.78 Å². The molecule has 1 fully saturated rings. The zero-order chi connectivity index (χ0) is 5.11. The van der Waals surface area contributed by atoms with E-state index < -0.39 is 0 Å². The van der Waals surface area contributed by atoms with E-state index in [1.807, 2.05) is 0 Å². The largest absolute Gasteiger partial charge is 0.236 e. The summed E-state index contributed by atoms with van der Waals surface area (Å²) in [4.78, 5) is 9.35. The highest BCUT2D eigenvalue weighted by Gasteiger charge is 2.13. The summed E-state index contributed by atoms with van der Waals surface area (Å²) >= 11 is 0. The lowest BCUT2D eigenvalue weighted by Gasteiger charge is -1.97. The zero-order valence-electron chi connectivity index (χ0n) is 4.22. The Morgan fingerprint density at radius 2 is 2.57 bits per heavy atom. The van der Waals surface area contributed by atoms with Gasteiger partial charge in [-0.15, -0.1) is 0 Å². The van der Waals surface area contributed by atoms with E-state index in [-0.39, 0.29) is 6.10 Å². The number of hydrogen-bond donors (Lipinski definition) is 0. The molecule has 0 aromatic carbocycles. The molecule has 1 aliphatic rings. The smallest absolute Gasteiger partial charge is 0.0953 e. The van der Waals surface area contributed by atoms with Crippen LogP contribution in [-0.2, 0) is 9.78 Å². The third-order valence-corrected chi connectivity index (χ3v) is 1.05. The Bertz CT molecular complexity index is 48.0. The molecule has 0 N–H and O–H groups in total. The molecule has 2 nitrogen and oxygen atoms in total. The highest BCUT2D eigenvalue weighted by Crippen LogP contribution is 2.10. The molecule has 2 heteroatoms. The summed E-state index contributed by atoms with van der Waals surface area (Å²) in [5.41, 5.74) is 0. The van der Waals surface area contributed by atoms with Gasteiger partial charge < -0.3 is 0 Å². The topological polar surface area (TPSA) is 18.5 Å². The summed E-state index contributed by atoms with van der Waals surface area (Å²) in [7, 11) is 0. The van der Waals surface area contributed by atoms with Crippen LogP contribution in [0.2, 0.25) is 0 Å². The molecule has 1 unspecified atom stereocenters. The Kier molecular flexibility index (Phi) is 1.65. The first-order valence-electron chi connectivity index (χ1n) is 2.51. The van der Waals surface area contributed by atoms with Crippen molar-refractivity contribution in [3.63, 3.8) is 0 Å². The first-order chi connectivity index (χ1) is 3.43. The molecule has 7 heavy (non-hydrogen) atoms. The van der Waals surface area contributed by atoms with E-state index in [4.69, 9.17) is 4.89 Å². The molecule has 1 heterocycles. The van der Waals surface area contributed by atoms with Crippen molar-refractivity contribution in [2.24, 2.45) is 0 Å². The van der Waals surface area contributed by atoms with Gasteiger partial charge in [0.1, 0.15) is 0 Å². The van der Waals surface area contributed by atoms with Crippen molar-refractivity contribution in [1.29, 1.82) is 0 Å². The van der Waals surface area contributed by atoms with Gasteiger partial charge in [0.2, 0.25) is 0 Å². The van der Waals surface area contributed by atoms with Crippen molar-refractivity contribution < 1.29 is 9.78 Å². The van der Waals surface area contributed by atoms with E-state index in [0.717, 1.165) is 19.4 Å². The van der Waals surface area contributed by atoms with Crippen LogP contribution in [0.4, 0.5) is 0 Å². The van der Waals surface area contributed by atoms with E-state index in [1.165, 1.54) is 0 Å². The van der Waals surface area contributed by atoms with Crippen molar-refractivity contribution in [2.45, 2.75) is 18.9 Å². The molecule has 0 spiro atoms. The first-order valence-corrected chi connectivity index (χ1v) is 2.51. The van der Waals surface area contributed by atoms with Crippen LogP contribution in [0.3, 0.4) is 0 Å². The number of hydrogen-bond acceptors (Lipinski definition) is 2. The van der Waals surface area contributed by atoms with E-state index in [1.54, 1.807) is 0 Å². The summed E-state index contributed by atoms with van der Waals surface area (Å²) in [5.74, 6) is 0. The van der Waals surface area contributed by atoms with Crippen LogP contribution >= 0.6 is 0 Å². The predicted octanol–water partition coefficient (Wildman–Crippen LogP) is 0.931. The third kappa shape index (κ3) is 1.14. The molecule has 41 valence electrons. The predicted molar refractivity (Wildman–Crippen MR) is 25.4 cm³/mol. The van der Waals surface area contributed by atoms with Gasteiger partial charge in [0.05, 0.1) is 12.7 Å². The van der Waals surface area contributed by atoms with Crippen molar-refractivity contribution in [1.82, 2.24) is 0 Å². The quantitative estimate of drug-likeness (QED) is 0.457. The Labute approximate surface area is 43.3 Å². The Hall–Kier alpha value is -0.0800. The lowest BCUT2D eigenvalue weighted by molar-refractivity contribution is -0.273. The minimum absolute atomic E-state index is 0.264. The molecule has 1 atom stereocenters. The van der Waals surface area contributed by atoms with Crippen molar-refractivity contribution in [3.8, 4) is 0 Å². The van der Waals surface area contributed by atoms with Crippen LogP contribution in [0.5, 0.6) is 0 Å². The molecule has 0 aromatic heterocycles. The van der Waals surface area contributed by atoms with E-state index in [2.05, 4.69) is 11.8 Å². The second-order valence-electron chi connectivity index (χ2n) is 1.62. The molecule has 0 aliphatic carbocycles. The number of rotatable bonds is 1. The summed E-state index contributed by atoms with van der Waals surface area (Å²) in [6, 6.07) is 0. The fourth-order valence-corrected chi connectivity index (χ4v) is 0.564. The molecule has 1 rings (SSSR count). The maximum absolute atomic E-state index is 4.74. The van der Waals surface area contributed by atoms with Gasteiger partial charge in [0.25, 0.3) is 0 Å². The van der Waals surface area contributed by atoms with Crippen LogP contribution in [-0.4, -0.2) is 12.7 Å². The average Bonchev–Trinajstić information content (AvgIpc) is 2.14. The van der Waals surface area contributed by atoms with Crippen LogP contribution in [0, 0.1) is 6.92 Å². The fraction of sp³-hybridized carbons (Fsp3) is 0.800. The standard InChI is InChI=1S/C5H9O2/c1-2-5-3-4-6-7-5/h5H,1-4H2. The molecule has 0 aromatic rings. The maximum atomic E-state index is 4.74. The summed E-state index contributed by atoms with van der Waals surface area (Å²) in [6.45, 7) is 4.40. The Balaban J connectivity index is 2.14. The summed E-state index contributed by atoms with van der Waals surface area (Å²) < 4.78 is 0. The summed E-state index contributed by atoms with van der Waals surface area (Å²) in [5, 5.41) is 0. The van der Waals surface area contributed by atoms with Crippen LogP contribution in [0.25, 0.3) is 0 Å². The highest BCUT2D eigenvalue weighted by atomic mass is 17.2. The van der Waals surface area contributed by atoms with Gasteiger partial charge in [-0.05, 0) is 6.42 Å². The molecule has 1 radical (unpaired) electrons. The normalized spacial score (nSPS) is 31.3. The van der Waals surface area contributed by atoms with Crippen molar-refractivity contribution in [2.75, 3.05) is 6.61 Å². The first kappa shape index (κ1) is 5.06. The SMILES string of the molecule is [CH2]CC1CCOO1. The van der Waals surface area contributed by atoms with Gasteiger partial charge >= 0.3 is 0 Å². The van der Waals surface area contributed by atoms with E-state index >= 15 is 0 Å². The molecule has 0 bridgehead atoms. The Morgan fingerprint density at radius 3 is 2.86 bits per heavy atom. The minimum Gasteiger partial charge on any atom is -0.236 e. The van der Waals surface area contributed by atoms with Gasteiger partial charge in [0.15, 0.2) is 0 Å². The van der Waals surface area contributed by atoms with Crippen LogP contribution < -0.4 is 0 Å². The monoisotopic (exact) mass is 101 g/mol. The second kappa shape index (κ2) is 2.28. The van der Waals surface area contributed by atoms with Crippen LogP contribution in [0.1, 0.15) is 12.8 Å². The third-order valence-electron chi connectivity index (χ3n) is 1.05. The average molecular weight is 101 g/mol. The molecular weight excluding hydrogens is 92.1 g/mol. The molecule has 1 aliphatic heterocycles. The van der Waals surface area contributed by atoms with E-state index in [9.17, 15) is 0 Å². The molecule has 1 saturated heterocycles. The molecule has 0 amide bonds. The van der Waals surface area contributed by atoms with E-state index in [0.29, 0.717) is 0 Å². The lowest BCUT2D eigenvalue weighted by atomic mass is 10.2. The van der Waals surface area contributed by atoms with Gasteiger partial charge in [-0.3, -0.25) is 0 Å². The Morgan fingerprint density at radius 1 is 1.71 bits per heavy atom. The minimum atomic E-state index is 0.264.